The van der Waals surface area contributed by atoms with E-state index in [4.69, 9.17) is 11.6 Å². The van der Waals surface area contributed by atoms with Gasteiger partial charge in [0.1, 0.15) is 0 Å². The molecule has 7 heteroatoms. The second-order valence-corrected chi connectivity index (χ2v) is 9.37. The van der Waals surface area contributed by atoms with Crippen LogP contribution < -0.4 is 5.32 Å². The number of hydrogen-bond donors (Lipinski definition) is 1. The molecule has 4 rings (SSSR count). The van der Waals surface area contributed by atoms with Gasteiger partial charge in [-0.25, -0.2) is 0 Å². The van der Waals surface area contributed by atoms with E-state index in [0.717, 1.165) is 27.7 Å². The van der Waals surface area contributed by atoms with E-state index in [9.17, 15) is 4.79 Å². The number of halogens is 1. The van der Waals surface area contributed by atoms with Gasteiger partial charge in [0.05, 0.1) is 12.2 Å². The lowest BCUT2D eigenvalue weighted by Crippen LogP contribution is -2.24. The van der Waals surface area contributed by atoms with Crippen LogP contribution >= 0.6 is 23.4 Å². The number of carbonyl (C=O) groups excluding carboxylic acids is 1. The van der Waals surface area contributed by atoms with Crippen molar-refractivity contribution in [2.24, 2.45) is 0 Å². The highest BCUT2D eigenvalue weighted by molar-refractivity contribution is 7.98. The second kappa shape index (κ2) is 10.2. The van der Waals surface area contributed by atoms with E-state index in [0.29, 0.717) is 16.4 Å². The first-order valence-electron chi connectivity index (χ1n) is 10.6. The molecule has 0 saturated heterocycles. The monoisotopic (exact) mass is 476 g/mol. The number of nitrogens with one attached hydrogen (secondary N) is 1. The zero-order chi connectivity index (χ0) is 23.4. The number of benzene rings is 3. The molecule has 0 saturated carbocycles. The summed E-state index contributed by atoms with van der Waals surface area (Å²) in [4.78, 5) is 12.7. The number of carbonyl (C=O) groups is 1. The Morgan fingerprint density at radius 1 is 0.970 bits per heavy atom. The minimum atomic E-state index is -0.152. The molecule has 0 aliphatic carbocycles. The third kappa shape index (κ3) is 5.64. The van der Waals surface area contributed by atoms with Crippen molar-refractivity contribution in [3.63, 3.8) is 0 Å². The van der Waals surface area contributed by atoms with Crippen molar-refractivity contribution in [3.05, 3.63) is 105 Å². The standard InChI is InChI=1S/C26H25ClN4OS/c1-17-7-10-21(11-8-17)25(32)28-15-24-29-30-26(33-16-20-6-4-5-18(2)13-20)31(24)23-14-22(27)12-9-19(23)3/h4-14H,15-16H2,1-3H3,(H,28,32). The predicted molar refractivity (Wildman–Crippen MR) is 134 cm³/mol. The maximum atomic E-state index is 12.7. The molecule has 0 atom stereocenters. The zero-order valence-electron chi connectivity index (χ0n) is 18.8. The first kappa shape index (κ1) is 23.1. The average Bonchev–Trinajstić information content (AvgIpc) is 3.20. The maximum absolute atomic E-state index is 12.7. The number of aromatic nitrogens is 3. The molecule has 1 aromatic heterocycles. The van der Waals surface area contributed by atoms with Gasteiger partial charge < -0.3 is 5.32 Å². The minimum Gasteiger partial charge on any atom is -0.345 e. The quantitative estimate of drug-likeness (QED) is 0.329. The minimum absolute atomic E-state index is 0.152. The van der Waals surface area contributed by atoms with Gasteiger partial charge in [0.25, 0.3) is 5.91 Å². The van der Waals surface area contributed by atoms with Gasteiger partial charge >= 0.3 is 0 Å². The molecule has 33 heavy (non-hydrogen) atoms. The van der Waals surface area contributed by atoms with Crippen molar-refractivity contribution < 1.29 is 4.79 Å². The largest absolute Gasteiger partial charge is 0.345 e. The normalized spacial score (nSPS) is 10.9. The third-order valence-electron chi connectivity index (χ3n) is 5.28. The Balaban J connectivity index is 1.61. The number of hydrogen-bond acceptors (Lipinski definition) is 4. The molecule has 0 aliphatic heterocycles. The summed E-state index contributed by atoms with van der Waals surface area (Å²) in [6, 6.07) is 21.6. The molecule has 5 nitrogen and oxygen atoms in total. The van der Waals surface area contributed by atoms with Crippen LogP contribution in [-0.2, 0) is 12.3 Å². The van der Waals surface area contributed by atoms with E-state index in [1.54, 1.807) is 11.8 Å². The fourth-order valence-corrected chi connectivity index (χ4v) is 4.56. The summed E-state index contributed by atoms with van der Waals surface area (Å²) in [6.45, 7) is 6.35. The highest BCUT2D eigenvalue weighted by Crippen LogP contribution is 2.28. The number of rotatable bonds is 7. The molecule has 1 heterocycles. The van der Waals surface area contributed by atoms with Crippen molar-refractivity contribution >= 4 is 29.3 Å². The van der Waals surface area contributed by atoms with Gasteiger partial charge in [-0.1, -0.05) is 77.0 Å². The summed E-state index contributed by atoms with van der Waals surface area (Å²) < 4.78 is 1.98. The van der Waals surface area contributed by atoms with Gasteiger partial charge in [-0.3, -0.25) is 9.36 Å². The predicted octanol–water partition coefficient (Wildman–Crippen LogP) is 6.07. The molecule has 0 fully saturated rings. The van der Waals surface area contributed by atoms with Gasteiger partial charge in [0.2, 0.25) is 0 Å². The third-order valence-corrected chi connectivity index (χ3v) is 6.52. The molecular weight excluding hydrogens is 452 g/mol. The average molecular weight is 477 g/mol. The molecule has 1 N–H and O–H groups in total. The van der Waals surface area contributed by atoms with Gasteiger partial charge in [0.15, 0.2) is 11.0 Å². The van der Waals surface area contributed by atoms with Crippen LogP contribution in [0.2, 0.25) is 5.02 Å². The van der Waals surface area contributed by atoms with Gasteiger partial charge in [0, 0.05) is 16.3 Å². The lowest BCUT2D eigenvalue weighted by molar-refractivity contribution is 0.0949. The Bertz CT molecular complexity index is 1280. The Hall–Kier alpha value is -3.09. The van der Waals surface area contributed by atoms with E-state index in [1.807, 2.05) is 60.9 Å². The van der Waals surface area contributed by atoms with E-state index in [2.05, 4.69) is 46.7 Å². The summed E-state index contributed by atoms with van der Waals surface area (Å²) in [5.74, 6) is 1.25. The van der Waals surface area contributed by atoms with Gasteiger partial charge in [-0.05, 0) is 56.2 Å². The second-order valence-electron chi connectivity index (χ2n) is 7.99. The molecule has 0 unspecified atom stereocenters. The van der Waals surface area contributed by atoms with Crippen LogP contribution in [0.15, 0.2) is 71.9 Å². The fourth-order valence-electron chi connectivity index (χ4n) is 3.49. The Morgan fingerprint density at radius 2 is 1.76 bits per heavy atom. The maximum Gasteiger partial charge on any atom is 0.251 e. The van der Waals surface area contributed by atoms with Crippen molar-refractivity contribution in [3.8, 4) is 5.69 Å². The number of nitrogens with zero attached hydrogens (tertiary/aromatic N) is 3. The van der Waals surface area contributed by atoms with Crippen molar-refractivity contribution in [1.29, 1.82) is 0 Å². The van der Waals surface area contributed by atoms with Gasteiger partial charge in [-0.2, -0.15) is 0 Å². The van der Waals surface area contributed by atoms with Gasteiger partial charge in [-0.15, -0.1) is 10.2 Å². The first-order chi connectivity index (χ1) is 15.9. The van der Waals surface area contributed by atoms with E-state index < -0.39 is 0 Å². The van der Waals surface area contributed by atoms with Crippen molar-refractivity contribution in [1.82, 2.24) is 20.1 Å². The van der Waals surface area contributed by atoms with Crippen LogP contribution in [0.25, 0.3) is 5.69 Å². The SMILES string of the molecule is Cc1ccc(C(=O)NCc2nnc(SCc3cccc(C)c3)n2-c2cc(Cl)ccc2C)cc1. The number of aryl methyl sites for hydroxylation is 3. The highest BCUT2D eigenvalue weighted by atomic mass is 35.5. The molecule has 4 aromatic rings. The summed E-state index contributed by atoms with van der Waals surface area (Å²) in [5.41, 5.74) is 6.10. The van der Waals surface area contributed by atoms with E-state index in [1.165, 1.54) is 11.1 Å². The van der Waals surface area contributed by atoms with Crippen LogP contribution in [-0.4, -0.2) is 20.7 Å². The highest BCUT2D eigenvalue weighted by Gasteiger charge is 2.18. The van der Waals surface area contributed by atoms with Crippen molar-refractivity contribution in [2.45, 2.75) is 38.2 Å². The Labute approximate surface area is 203 Å². The lowest BCUT2D eigenvalue weighted by Gasteiger charge is -2.14. The molecule has 168 valence electrons. The molecule has 0 radical (unpaired) electrons. The number of amides is 1. The zero-order valence-corrected chi connectivity index (χ0v) is 20.4. The molecular formula is C26H25ClN4OS. The molecule has 3 aromatic carbocycles. The summed E-state index contributed by atoms with van der Waals surface area (Å²) in [7, 11) is 0. The Morgan fingerprint density at radius 3 is 2.52 bits per heavy atom. The summed E-state index contributed by atoms with van der Waals surface area (Å²) >= 11 is 7.92. The van der Waals surface area contributed by atoms with Crippen LogP contribution in [0.5, 0.6) is 0 Å². The number of thioether (sulfide) groups is 1. The van der Waals surface area contributed by atoms with Crippen LogP contribution in [0.3, 0.4) is 0 Å². The molecule has 0 aliphatic rings. The fraction of sp³-hybridized carbons (Fsp3) is 0.192. The van der Waals surface area contributed by atoms with E-state index >= 15 is 0 Å². The van der Waals surface area contributed by atoms with Crippen LogP contribution in [0, 0.1) is 20.8 Å². The van der Waals surface area contributed by atoms with Crippen molar-refractivity contribution in [2.75, 3.05) is 0 Å². The summed E-state index contributed by atoms with van der Waals surface area (Å²) in [5, 5.41) is 13.2. The topological polar surface area (TPSA) is 59.8 Å². The molecule has 0 spiro atoms. The van der Waals surface area contributed by atoms with Crippen LogP contribution in [0.4, 0.5) is 0 Å². The summed E-state index contributed by atoms with van der Waals surface area (Å²) in [6.07, 6.45) is 0. The lowest BCUT2D eigenvalue weighted by atomic mass is 10.1. The van der Waals surface area contributed by atoms with E-state index in [-0.39, 0.29) is 12.5 Å². The smallest absolute Gasteiger partial charge is 0.251 e. The van der Waals surface area contributed by atoms with Crippen LogP contribution in [0.1, 0.15) is 38.4 Å². The first-order valence-corrected chi connectivity index (χ1v) is 12.0. The Kier molecular flexibility index (Phi) is 7.16. The molecule has 1 amide bonds. The molecule has 0 bridgehead atoms.